The van der Waals surface area contributed by atoms with Gasteiger partial charge in [0.2, 0.25) is 0 Å². The van der Waals surface area contributed by atoms with Crippen LogP contribution in [0.3, 0.4) is 0 Å². The number of para-hydroxylation sites is 1. The van der Waals surface area contributed by atoms with Crippen molar-refractivity contribution in [2.24, 2.45) is 0 Å². The third-order valence-corrected chi connectivity index (χ3v) is 7.17. The molecule has 0 aromatic heterocycles. The first kappa shape index (κ1) is 16.1. The average Bonchev–Trinajstić information content (AvgIpc) is 2.85. The van der Waals surface area contributed by atoms with E-state index in [1.54, 1.807) is 4.31 Å². The van der Waals surface area contributed by atoms with Gasteiger partial charge in [0, 0.05) is 6.04 Å². The Hall–Kier alpha value is -1.81. The lowest BCUT2D eigenvalue weighted by molar-refractivity contribution is 0.583. The molecule has 2 aromatic carbocycles. The fourth-order valence-electron chi connectivity index (χ4n) is 3.45. The van der Waals surface area contributed by atoms with Crippen molar-refractivity contribution < 1.29 is 8.42 Å². The van der Waals surface area contributed by atoms with Gasteiger partial charge in [-0.15, -0.1) is 0 Å². The van der Waals surface area contributed by atoms with E-state index >= 15 is 0 Å². The third-order valence-electron chi connectivity index (χ3n) is 5.12. The largest absolute Gasteiger partial charge is 0.264 e. The van der Waals surface area contributed by atoms with E-state index in [0.717, 1.165) is 39.9 Å². The molecule has 0 bridgehead atoms. The fraction of sp³-hybridized carbons (Fsp3) is 0.368. The summed E-state index contributed by atoms with van der Waals surface area (Å²) in [6.45, 7) is 9.89. The summed E-state index contributed by atoms with van der Waals surface area (Å²) in [5.74, 6) is 0. The number of hydrogen-bond acceptors (Lipinski definition) is 2. The van der Waals surface area contributed by atoms with Gasteiger partial charge in [-0.3, -0.25) is 4.31 Å². The average molecular weight is 329 g/mol. The standard InChI is InChI=1S/C19H23NO2S/c1-12-10-19(16(5)15(4)14(12)3)23(21,22)20-13(2)11-17-8-6-7-9-18(17)20/h6-10,13H,11H2,1-5H3. The van der Waals surface area contributed by atoms with Crippen LogP contribution in [0.5, 0.6) is 0 Å². The van der Waals surface area contributed by atoms with E-state index in [0.29, 0.717) is 4.90 Å². The van der Waals surface area contributed by atoms with Gasteiger partial charge in [-0.1, -0.05) is 18.2 Å². The van der Waals surface area contributed by atoms with Gasteiger partial charge in [0.05, 0.1) is 10.6 Å². The predicted octanol–water partition coefficient (Wildman–Crippen LogP) is 4.06. The Balaban J connectivity index is 2.21. The van der Waals surface area contributed by atoms with Crippen molar-refractivity contribution in [3.05, 3.63) is 58.1 Å². The molecule has 0 spiro atoms. The van der Waals surface area contributed by atoms with Crippen LogP contribution in [0, 0.1) is 27.7 Å². The molecule has 1 aliphatic heterocycles. The molecule has 122 valence electrons. The zero-order chi connectivity index (χ0) is 16.9. The van der Waals surface area contributed by atoms with Crippen LogP contribution in [0.15, 0.2) is 35.2 Å². The molecule has 0 aliphatic carbocycles. The summed E-state index contributed by atoms with van der Waals surface area (Å²) in [5, 5.41) is 0. The highest BCUT2D eigenvalue weighted by Gasteiger charge is 2.36. The summed E-state index contributed by atoms with van der Waals surface area (Å²) in [4.78, 5) is 0.432. The van der Waals surface area contributed by atoms with Crippen LogP contribution in [-0.2, 0) is 16.4 Å². The topological polar surface area (TPSA) is 37.4 Å². The number of fused-ring (bicyclic) bond motifs is 1. The summed E-state index contributed by atoms with van der Waals surface area (Å²) < 4.78 is 28.3. The molecule has 1 heterocycles. The van der Waals surface area contributed by atoms with Gasteiger partial charge in [-0.25, -0.2) is 8.42 Å². The zero-order valence-electron chi connectivity index (χ0n) is 14.3. The molecule has 1 aliphatic rings. The highest BCUT2D eigenvalue weighted by molar-refractivity contribution is 7.93. The Labute approximate surface area is 139 Å². The number of nitrogens with zero attached hydrogens (tertiary/aromatic N) is 1. The van der Waals surface area contributed by atoms with Crippen molar-refractivity contribution in [3.63, 3.8) is 0 Å². The Morgan fingerprint density at radius 2 is 1.65 bits per heavy atom. The van der Waals surface area contributed by atoms with Gasteiger partial charge in [0.25, 0.3) is 10.0 Å². The summed E-state index contributed by atoms with van der Waals surface area (Å²) in [6.07, 6.45) is 0.762. The minimum Gasteiger partial charge on any atom is -0.263 e. The number of aryl methyl sites for hydroxylation is 1. The molecule has 0 radical (unpaired) electrons. The first-order valence-corrected chi connectivity index (χ1v) is 9.39. The maximum atomic E-state index is 13.4. The van der Waals surface area contributed by atoms with Gasteiger partial charge in [-0.2, -0.15) is 0 Å². The highest BCUT2D eigenvalue weighted by atomic mass is 32.2. The lowest BCUT2D eigenvalue weighted by atomic mass is 10.00. The molecule has 3 nitrogen and oxygen atoms in total. The fourth-order valence-corrected chi connectivity index (χ4v) is 5.52. The maximum absolute atomic E-state index is 13.4. The van der Waals surface area contributed by atoms with Gasteiger partial charge in [-0.05, 0) is 81.0 Å². The second-order valence-electron chi connectivity index (χ2n) is 6.55. The van der Waals surface area contributed by atoms with Crippen LogP contribution >= 0.6 is 0 Å². The number of hydrogen-bond donors (Lipinski definition) is 0. The Morgan fingerprint density at radius 1 is 1.00 bits per heavy atom. The van der Waals surface area contributed by atoms with E-state index in [9.17, 15) is 8.42 Å². The lowest BCUT2D eigenvalue weighted by Crippen LogP contribution is -2.36. The van der Waals surface area contributed by atoms with Crippen molar-refractivity contribution in [1.29, 1.82) is 0 Å². The molecule has 4 heteroatoms. The first-order chi connectivity index (χ1) is 10.7. The molecule has 1 unspecified atom stereocenters. The van der Waals surface area contributed by atoms with Gasteiger partial charge < -0.3 is 0 Å². The minimum atomic E-state index is -3.56. The molecule has 0 saturated heterocycles. The predicted molar refractivity (Wildman–Crippen MR) is 94.7 cm³/mol. The number of sulfonamides is 1. The summed E-state index contributed by atoms with van der Waals surface area (Å²) in [5.41, 5.74) is 6.01. The van der Waals surface area contributed by atoms with Crippen molar-refractivity contribution >= 4 is 15.7 Å². The molecular formula is C19H23NO2S. The monoisotopic (exact) mass is 329 g/mol. The number of rotatable bonds is 2. The van der Waals surface area contributed by atoms with E-state index in [2.05, 4.69) is 0 Å². The molecule has 0 N–H and O–H groups in total. The number of benzene rings is 2. The normalized spacial score (nSPS) is 17.4. The quantitative estimate of drug-likeness (QED) is 0.833. The molecule has 2 aromatic rings. The van der Waals surface area contributed by atoms with Crippen LogP contribution in [-0.4, -0.2) is 14.5 Å². The molecular weight excluding hydrogens is 306 g/mol. The summed E-state index contributed by atoms with van der Waals surface area (Å²) in [6, 6.07) is 9.55. The van der Waals surface area contributed by atoms with Crippen molar-refractivity contribution in [2.45, 2.75) is 52.0 Å². The summed E-state index contributed by atoms with van der Waals surface area (Å²) >= 11 is 0. The lowest BCUT2D eigenvalue weighted by Gasteiger charge is -2.26. The second-order valence-corrected chi connectivity index (χ2v) is 8.33. The van der Waals surface area contributed by atoms with Gasteiger partial charge >= 0.3 is 0 Å². The van der Waals surface area contributed by atoms with Crippen molar-refractivity contribution in [3.8, 4) is 0 Å². The molecule has 1 atom stereocenters. The van der Waals surface area contributed by atoms with Crippen LogP contribution in [0.2, 0.25) is 0 Å². The molecule has 0 fully saturated rings. The molecule has 3 rings (SSSR count). The number of anilines is 1. The molecule has 0 amide bonds. The summed E-state index contributed by atoms with van der Waals surface area (Å²) in [7, 11) is -3.56. The first-order valence-electron chi connectivity index (χ1n) is 7.95. The second kappa shape index (κ2) is 5.38. The van der Waals surface area contributed by atoms with E-state index in [1.807, 2.05) is 65.0 Å². The Bertz CT molecular complexity index is 884. The van der Waals surface area contributed by atoms with Crippen molar-refractivity contribution in [2.75, 3.05) is 4.31 Å². The zero-order valence-corrected chi connectivity index (χ0v) is 15.2. The smallest absolute Gasteiger partial charge is 0.263 e. The van der Waals surface area contributed by atoms with E-state index in [-0.39, 0.29) is 6.04 Å². The third kappa shape index (κ3) is 2.36. The van der Waals surface area contributed by atoms with Crippen LogP contribution in [0.1, 0.15) is 34.7 Å². The molecule has 0 saturated carbocycles. The van der Waals surface area contributed by atoms with E-state index in [1.165, 1.54) is 0 Å². The van der Waals surface area contributed by atoms with E-state index in [4.69, 9.17) is 0 Å². The molecule has 23 heavy (non-hydrogen) atoms. The minimum absolute atomic E-state index is 0.0567. The van der Waals surface area contributed by atoms with Crippen LogP contribution < -0.4 is 4.31 Å². The van der Waals surface area contributed by atoms with Crippen LogP contribution in [0.25, 0.3) is 0 Å². The maximum Gasteiger partial charge on any atom is 0.264 e. The van der Waals surface area contributed by atoms with Crippen LogP contribution in [0.4, 0.5) is 5.69 Å². The SMILES string of the molecule is Cc1cc(S(=O)(=O)N2c3ccccc3CC2C)c(C)c(C)c1C. The van der Waals surface area contributed by atoms with E-state index < -0.39 is 10.0 Å². The van der Waals surface area contributed by atoms with Crippen molar-refractivity contribution in [1.82, 2.24) is 0 Å². The Kier molecular flexibility index (Phi) is 3.75. The highest BCUT2D eigenvalue weighted by Crippen LogP contribution is 2.38. The Morgan fingerprint density at radius 3 is 2.35 bits per heavy atom. The van der Waals surface area contributed by atoms with Gasteiger partial charge in [0.1, 0.15) is 0 Å². The van der Waals surface area contributed by atoms with Gasteiger partial charge in [0.15, 0.2) is 0 Å².